The molecule has 0 aliphatic carbocycles. The maximum atomic E-state index is 9.57. The molecule has 2 aromatic heterocycles. The van der Waals surface area contributed by atoms with Crippen molar-refractivity contribution in [2.24, 2.45) is 0 Å². The van der Waals surface area contributed by atoms with Crippen LogP contribution in [0.4, 0.5) is 5.82 Å². The summed E-state index contributed by atoms with van der Waals surface area (Å²) in [5.41, 5.74) is 3.33. The summed E-state index contributed by atoms with van der Waals surface area (Å²) >= 11 is 1.46. The Labute approximate surface area is 186 Å². The highest BCUT2D eigenvalue weighted by Crippen LogP contribution is 2.37. The van der Waals surface area contributed by atoms with Gasteiger partial charge in [-0.2, -0.15) is 5.26 Å². The Hall–Kier alpha value is -3.27. The van der Waals surface area contributed by atoms with E-state index in [1.165, 1.54) is 16.9 Å². The predicted octanol–water partition coefficient (Wildman–Crippen LogP) is 4.86. The number of thiophene rings is 1. The molecular weight excluding hydrogens is 402 g/mol. The van der Waals surface area contributed by atoms with Gasteiger partial charge in [0.25, 0.3) is 0 Å². The number of piperazine rings is 1. The molecule has 1 aliphatic rings. The van der Waals surface area contributed by atoms with Crippen LogP contribution in [-0.4, -0.2) is 41.0 Å². The van der Waals surface area contributed by atoms with Crippen molar-refractivity contribution in [3.63, 3.8) is 0 Å². The predicted molar refractivity (Wildman–Crippen MR) is 126 cm³/mol. The molecule has 1 aliphatic heterocycles. The van der Waals surface area contributed by atoms with E-state index in [-0.39, 0.29) is 0 Å². The van der Waals surface area contributed by atoms with Crippen molar-refractivity contribution in [2.75, 3.05) is 31.1 Å². The van der Waals surface area contributed by atoms with E-state index in [0.29, 0.717) is 0 Å². The minimum Gasteiger partial charge on any atom is -0.353 e. The van der Waals surface area contributed by atoms with Gasteiger partial charge in [0.1, 0.15) is 21.6 Å². The number of aromatic nitrogens is 2. The molecule has 0 saturated carbocycles. The van der Waals surface area contributed by atoms with Gasteiger partial charge in [-0.25, -0.2) is 9.97 Å². The second-order valence-corrected chi connectivity index (χ2v) is 8.83. The van der Waals surface area contributed by atoms with Crippen LogP contribution in [0.5, 0.6) is 0 Å². The van der Waals surface area contributed by atoms with Crippen LogP contribution >= 0.6 is 11.3 Å². The Morgan fingerprint density at radius 2 is 1.61 bits per heavy atom. The van der Waals surface area contributed by atoms with Gasteiger partial charge in [-0.3, -0.25) is 4.90 Å². The summed E-state index contributed by atoms with van der Waals surface area (Å²) in [5, 5.41) is 10.6. The van der Waals surface area contributed by atoms with Crippen LogP contribution in [0.25, 0.3) is 21.6 Å². The second-order valence-electron chi connectivity index (χ2n) is 7.83. The van der Waals surface area contributed by atoms with Gasteiger partial charge in [-0.1, -0.05) is 60.7 Å². The van der Waals surface area contributed by atoms with Gasteiger partial charge in [0, 0.05) is 38.3 Å². The third-order valence-corrected chi connectivity index (χ3v) is 6.92. The van der Waals surface area contributed by atoms with Gasteiger partial charge in [0.15, 0.2) is 5.82 Å². The van der Waals surface area contributed by atoms with Gasteiger partial charge < -0.3 is 4.90 Å². The number of rotatable bonds is 4. The van der Waals surface area contributed by atoms with Crippen LogP contribution < -0.4 is 4.90 Å². The first-order valence-corrected chi connectivity index (χ1v) is 11.3. The topological polar surface area (TPSA) is 56.1 Å². The fourth-order valence-corrected chi connectivity index (χ4v) is 5.10. The van der Waals surface area contributed by atoms with Gasteiger partial charge in [0.2, 0.25) is 0 Å². The standard InChI is InChI=1S/C25H23N5S/c1-18-21(16-26)31-25-22(18)24(27-23(28-25)20-10-6-3-7-11-20)30-14-12-29(13-15-30)17-19-8-4-2-5-9-19/h2-11H,12-15,17H2,1H3. The lowest BCUT2D eigenvalue weighted by molar-refractivity contribution is 0.249. The zero-order valence-corrected chi connectivity index (χ0v) is 18.3. The fourth-order valence-electron chi connectivity index (χ4n) is 4.13. The van der Waals surface area contributed by atoms with E-state index in [9.17, 15) is 5.26 Å². The Bertz CT molecular complexity index is 1240. The average Bonchev–Trinajstić information content (AvgIpc) is 3.16. The van der Waals surface area contributed by atoms with E-state index in [1.807, 2.05) is 37.3 Å². The van der Waals surface area contributed by atoms with E-state index in [2.05, 4.69) is 46.2 Å². The molecule has 0 N–H and O–H groups in total. The number of anilines is 1. The molecule has 31 heavy (non-hydrogen) atoms. The Kier molecular flexibility index (Phi) is 5.37. The molecule has 0 bridgehead atoms. The molecule has 4 aromatic rings. The third kappa shape index (κ3) is 3.90. The zero-order valence-electron chi connectivity index (χ0n) is 17.5. The molecular formula is C25H23N5S. The quantitative estimate of drug-likeness (QED) is 0.467. The number of fused-ring (bicyclic) bond motifs is 1. The molecule has 0 radical (unpaired) electrons. The summed E-state index contributed by atoms with van der Waals surface area (Å²) in [6, 6.07) is 23.0. The number of hydrogen-bond acceptors (Lipinski definition) is 6. The maximum absolute atomic E-state index is 9.57. The van der Waals surface area contributed by atoms with Crippen LogP contribution in [0.1, 0.15) is 16.0 Å². The molecule has 6 heteroatoms. The van der Waals surface area contributed by atoms with E-state index < -0.39 is 0 Å². The molecule has 2 aromatic carbocycles. The average molecular weight is 426 g/mol. The molecule has 5 rings (SSSR count). The fraction of sp³-hybridized carbons (Fsp3) is 0.240. The van der Waals surface area contributed by atoms with E-state index >= 15 is 0 Å². The third-order valence-electron chi connectivity index (χ3n) is 5.83. The Morgan fingerprint density at radius 3 is 2.29 bits per heavy atom. The van der Waals surface area contributed by atoms with Gasteiger partial charge in [-0.15, -0.1) is 11.3 Å². The van der Waals surface area contributed by atoms with Crippen molar-refractivity contribution in [3.8, 4) is 17.5 Å². The molecule has 3 heterocycles. The van der Waals surface area contributed by atoms with Gasteiger partial charge in [0.05, 0.1) is 5.39 Å². The normalized spacial score (nSPS) is 14.6. The summed E-state index contributed by atoms with van der Waals surface area (Å²) in [4.78, 5) is 16.3. The second kappa shape index (κ2) is 8.46. The Morgan fingerprint density at radius 1 is 0.935 bits per heavy atom. The smallest absolute Gasteiger partial charge is 0.163 e. The minimum absolute atomic E-state index is 0.721. The van der Waals surface area contributed by atoms with E-state index in [4.69, 9.17) is 9.97 Å². The first-order chi connectivity index (χ1) is 15.2. The molecule has 5 nitrogen and oxygen atoms in total. The summed E-state index contributed by atoms with van der Waals surface area (Å²) in [6.07, 6.45) is 0. The number of nitrogens with zero attached hydrogens (tertiary/aromatic N) is 5. The summed E-state index contributed by atoms with van der Waals surface area (Å²) in [5.74, 6) is 1.68. The molecule has 1 saturated heterocycles. The van der Waals surface area contributed by atoms with Crippen molar-refractivity contribution >= 4 is 27.4 Å². The molecule has 0 unspecified atom stereocenters. The SMILES string of the molecule is Cc1c(C#N)sc2nc(-c3ccccc3)nc(N3CCN(Cc4ccccc4)CC3)c12. The van der Waals surface area contributed by atoms with Crippen molar-refractivity contribution in [1.82, 2.24) is 14.9 Å². The van der Waals surface area contributed by atoms with Gasteiger partial charge >= 0.3 is 0 Å². The summed E-state index contributed by atoms with van der Waals surface area (Å²) in [7, 11) is 0. The van der Waals surface area contributed by atoms with E-state index in [1.54, 1.807) is 0 Å². The van der Waals surface area contributed by atoms with Crippen molar-refractivity contribution in [3.05, 3.63) is 76.7 Å². The van der Waals surface area contributed by atoms with Crippen LogP contribution in [0.15, 0.2) is 60.7 Å². The van der Waals surface area contributed by atoms with Crippen LogP contribution in [-0.2, 0) is 6.54 Å². The number of aryl methyl sites for hydroxylation is 1. The number of benzene rings is 2. The highest BCUT2D eigenvalue weighted by molar-refractivity contribution is 7.19. The largest absolute Gasteiger partial charge is 0.353 e. The zero-order chi connectivity index (χ0) is 21.2. The van der Waals surface area contributed by atoms with E-state index in [0.717, 1.165) is 70.6 Å². The highest BCUT2D eigenvalue weighted by Gasteiger charge is 2.24. The minimum atomic E-state index is 0.721. The van der Waals surface area contributed by atoms with Crippen LogP contribution in [0, 0.1) is 18.3 Å². The van der Waals surface area contributed by atoms with Crippen molar-refractivity contribution < 1.29 is 0 Å². The maximum Gasteiger partial charge on any atom is 0.163 e. The molecule has 154 valence electrons. The summed E-state index contributed by atoms with van der Waals surface area (Å²) < 4.78 is 0. The Balaban J connectivity index is 1.47. The van der Waals surface area contributed by atoms with Crippen molar-refractivity contribution in [1.29, 1.82) is 5.26 Å². The van der Waals surface area contributed by atoms with Crippen molar-refractivity contribution in [2.45, 2.75) is 13.5 Å². The lowest BCUT2D eigenvalue weighted by Crippen LogP contribution is -2.46. The number of nitriles is 1. The molecule has 0 spiro atoms. The molecule has 1 fully saturated rings. The first-order valence-electron chi connectivity index (χ1n) is 10.5. The molecule has 0 amide bonds. The van der Waals surface area contributed by atoms with Gasteiger partial charge in [-0.05, 0) is 18.1 Å². The lowest BCUT2D eigenvalue weighted by Gasteiger charge is -2.36. The first kappa shape index (κ1) is 19.7. The van der Waals surface area contributed by atoms with Crippen LogP contribution in [0.3, 0.4) is 0 Å². The summed E-state index contributed by atoms with van der Waals surface area (Å²) in [6.45, 7) is 6.76. The van der Waals surface area contributed by atoms with Crippen LogP contribution in [0.2, 0.25) is 0 Å². The highest BCUT2D eigenvalue weighted by atomic mass is 32.1. The lowest BCUT2D eigenvalue weighted by atomic mass is 10.1. The monoisotopic (exact) mass is 425 g/mol. The number of hydrogen-bond donors (Lipinski definition) is 0. The molecule has 0 atom stereocenters.